The van der Waals surface area contributed by atoms with Crippen molar-refractivity contribution in [2.24, 2.45) is 0 Å². The second-order valence-electron chi connectivity index (χ2n) is 0.448. The largest absolute Gasteiger partial charge is 0.394 e. The summed E-state index contributed by atoms with van der Waals surface area (Å²) in [4.78, 5) is 0. The maximum absolute atomic E-state index is 8.74. The van der Waals surface area contributed by atoms with Gasteiger partial charge in [-0.05, 0) is 0 Å². The second-order valence-corrected chi connectivity index (χ2v) is 1.34. The predicted octanol–water partition coefficient (Wildman–Crippen LogP) is -0.279. The summed E-state index contributed by atoms with van der Waals surface area (Å²) in [5, 5.41) is 0. The van der Waals surface area contributed by atoms with Gasteiger partial charge in [-0.15, -0.1) is 0 Å². The normalized spacial score (nSPS) is 8.29. The van der Waals surface area contributed by atoms with E-state index in [-0.39, 0.29) is 25.6 Å². The molecule has 7 heteroatoms. The zero-order valence-electron chi connectivity index (χ0n) is 3.83. The molecule has 6 N–H and O–H groups in total. The van der Waals surface area contributed by atoms with Gasteiger partial charge in [-0.3, -0.25) is 9.11 Å². The zero-order valence-corrected chi connectivity index (χ0v) is 7.61. The molecule has 0 aromatic heterocycles. The third kappa shape index (κ3) is 623. The average molecular weight is 182 g/mol. The standard InChI is InChI=1S/H3N.H2O4S.Zn/c;1-5(2,3)4;/h1H3;(H2,1,2,3,4);/p+1. The average Bonchev–Trinajstić information content (AvgIpc) is 0.722. The van der Waals surface area contributed by atoms with Crippen LogP contribution in [0.4, 0.5) is 0 Å². The monoisotopic (exact) mass is 180 g/mol. The number of hydrogen-bond acceptors (Lipinski definition) is 2. The van der Waals surface area contributed by atoms with Crippen molar-refractivity contribution in [3.05, 3.63) is 0 Å². The van der Waals surface area contributed by atoms with Crippen LogP contribution in [0.5, 0.6) is 0 Å². The molecule has 0 aliphatic rings. The van der Waals surface area contributed by atoms with Crippen molar-refractivity contribution in [1.82, 2.24) is 6.15 Å². The smallest absolute Gasteiger partial charge is 0.369 e. The summed E-state index contributed by atoms with van der Waals surface area (Å²) in [6, 6.07) is 0. The van der Waals surface area contributed by atoms with E-state index in [9.17, 15) is 0 Å². The van der Waals surface area contributed by atoms with Crippen LogP contribution in [0.25, 0.3) is 0 Å². The van der Waals surface area contributed by atoms with Gasteiger partial charge in [0.2, 0.25) is 0 Å². The topological polar surface area (TPSA) is 111 Å². The fourth-order valence-corrected chi connectivity index (χ4v) is 0. The minimum atomic E-state index is -4.67. The Labute approximate surface area is 54.0 Å². The summed E-state index contributed by atoms with van der Waals surface area (Å²) in [7, 11) is -4.67. The van der Waals surface area contributed by atoms with Gasteiger partial charge < -0.3 is 6.15 Å². The Bertz CT molecular complexity index is 94.9. The summed E-state index contributed by atoms with van der Waals surface area (Å²) in [6.45, 7) is 0. The summed E-state index contributed by atoms with van der Waals surface area (Å²) in [5.41, 5.74) is 0. The van der Waals surface area contributed by atoms with Crippen molar-refractivity contribution in [3.63, 3.8) is 0 Å². The molecule has 0 atom stereocenters. The van der Waals surface area contributed by atoms with E-state index < -0.39 is 10.4 Å². The van der Waals surface area contributed by atoms with Crippen LogP contribution in [0.1, 0.15) is 0 Å². The van der Waals surface area contributed by atoms with Crippen LogP contribution < -0.4 is 6.15 Å². The van der Waals surface area contributed by atoms with Crippen molar-refractivity contribution < 1.29 is 37.0 Å². The van der Waals surface area contributed by atoms with Gasteiger partial charge in [0.05, 0.1) is 0 Å². The molecule has 0 amide bonds. The van der Waals surface area contributed by atoms with Crippen molar-refractivity contribution in [3.8, 4) is 0 Å². The van der Waals surface area contributed by atoms with Gasteiger partial charge in [-0.2, -0.15) is 8.42 Å². The molecule has 0 aromatic carbocycles. The molecular weight excluding hydrogens is 175 g/mol. The van der Waals surface area contributed by atoms with Gasteiger partial charge in [0, 0.05) is 19.5 Å². The van der Waals surface area contributed by atoms with E-state index in [0.29, 0.717) is 0 Å². The van der Waals surface area contributed by atoms with Gasteiger partial charge in [0.25, 0.3) is 0 Å². The molecule has 0 rings (SSSR count). The Morgan fingerprint density at radius 2 is 1.14 bits per heavy atom. The minimum absolute atomic E-state index is 0. The molecule has 0 spiro atoms. The number of quaternary nitrogens is 1. The molecule has 42 valence electrons. The van der Waals surface area contributed by atoms with Crippen LogP contribution in [0, 0.1) is 0 Å². The minimum Gasteiger partial charge on any atom is -0.369 e. The summed E-state index contributed by atoms with van der Waals surface area (Å²) < 4.78 is 31.6. The molecule has 0 radical (unpaired) electrons. The quantitative estimate of drug-likeness (QED) is 0.352. The number of rotatable bonds is 0. The van der Waals surface area contributed by atoms with Gasteiger partial charge in [0.1, 0.15) is 0 Å². The third-order valence-electron chi connectivity index (χ3n) is 0. The first-order valence-corrected chi connectivity index (χ1v) is 2.10. The van der Waals surface area contributed by atoms with E-state index in [1.165, 1.54) is 0 Å². The van der Waals surface area contributed by atoms with E-state index in [0.717, 1.165) is 0 Å². The van der Waals surface area contributed by atoms with Crippen LogP contribution in [0.15, 0.2) is 0 Å². The summed E-state index contributed by atoms with van der Waals surface area (Å²) in [6.07, 6.45) is 0. The van der Waals surface area contributed by atoms with Crippen molar-refractivity contribution in [2.75, 3.05) is 0 Å². The predicted molar refractivity (Wildman–Crippen MR) is 20.2 cm³/mol. The van der Waals surface area contributed by atoms with Gasteiger partial charge in [0.15, 0.2) is 0 Å². The Morgan fingerprint density at radius 1 is 1.14 bits per heavy atom. The van der Waals surface area contributed by atoms with E-state index in [2.05, 4.69) is 0 Å². The zero-order chi connectivity index (χ0) is 4.50. The van der Waals surface area contributed by atoms with Gasteiger partial charge in [-0.25, -0.2) is 0 Å². The Hall–Kier alpha value is 0.453. The third-order valence-corrected chi connectivity index (χ3v) is 0. The molecule has 0 aliphatic carbocycles. The maximum Gasteiger partial charge on any atom is 0.394 e. The molecule has 0 aliphatic heterocycles. The molecule has 0 heterocycles. The van der Waals surface area contributed by atoms with Crippen LogP contribution in [0.2, 0.25) is 0 Å². The summed E-state index contributed by atoms with van der Waals surface area (Å²) in [5.74, 6) is 0. The number of hydrogen-bond donors (Lipinski definition) is 3. The van der Waals surface area contributed by atoms with Crippen LogP contribution >= 0.6 is 0 Å². The SMILES string of the molecule is O=S(=O)(O)O.[NH4+].[Zn]. The first kappa shape index (κ1) is 15.7. The molecule has 5 nitrogen and oxygen atoms in total. The molecule has 0 unspecified atom stereocenters. The van der Waals surface area contributed by atoms with E-state index in [1.54, 1.807) is 0 Å². The van der Waals surface area contributed by atoms with Crippen LogP contribution in [0.3, 0.4) is 0 Å². The van der Waals surface area contributed by atoms with Crippen LogP contribution in [-0.4, -0.2) is 17.5 Å². The van der Waals surface area contributed by atoms with E-state index in [1.807, 2.05) is 0 Å². The first-order chi connectivity index (χ1) is 2.00. The Kier molecular flexibility index (Phi) is 10.3. The molecule has 0 saturated heterocycles. The molecule has 0 bridgehead atoms. The van der Waals surface area contributed by atoms with Crippen molar-refractivity contribution in [1.29, 1.82) is 0 Å². The van der Waals surface area contributed by atoms with Gasteiger partial charge >= 0.3 is 10.4 Å². The molecule has 0 fully saturated rings. The van der Waals surface area contributed by atoms with Crippen LogP contribution in [-0.2, 0) is 29.9 Å². The first-order valence-electron chi connectivity index (χ1n) is 0.698. The molecule has 7 heavy (non-hydrogen) atoms. The second kappa shape index (κ2) is 4.61. The van der Waals surface area contributed by atoms with E-state index in [4.69, 9.17) is 17.5 Å². The molecule has 0 saturated carbocycles. The Balaban J connectivity index is -0.0000000800. The van der Waals surface area contributed by atoms with Crippen molar-refractivity contribution >= 4 is 10.4 Å². The maximum atomic E-state index is 8.74. The van der Waals surface area contributed by atoms with E-state index >= 15 is 0 Å². The fourth-order valence-electron chi connectivity index (χ4n) is 0. The molecular formula is H6NO4SZn+. The van der Waals surface area contributed by atoms with Gasteiger partial charge in [-0.1, -0.05) is 0 Å². The van der Waals surface area contributed by atoms with Crippen molar-refractivity contribution in [2.45, 2.75) is 0 Å². The summed E-state index contributed by atoms with van der Waals surface area (Å²) >= 11 is 0. The molecule has 0 aromatic rings. The fraction of sp³-hybridized carbons (Fsp3) is 0. The Morgan fingerprint density at radius 3 is 1.14 bits per heavy atom.